The summed E-state index contributed by atoms with van der Waals surface area (Å²) in [5.41, 5.74) is -0.988. The van der Waals surface area contributed by atoms with Crippen LogP contribution in [0.4, 0.5) is 4.79 Å². The fourth-order valence-corrected chi connectivity index (χ4v) is 6.88. The van der Waals surface area contributed by atoms with Crippen LogP contribution in [0.25, 0.3) is 0 Å². The van der Waals surface area contributed by atoms with Crippen molar-refractivity contribution in [1.82, 2.24) is 31.1 Å². The highest BCUT2D eigenvalue weighted by atomic mass is 16.6. The second-order valence-corrected chi connectivity index (χ2v) is 16.3. The smallest absolute Gasteiger partial charge is 0.408 e. The van der Waals surface area contributed by atoms with E-state index in [2.05, 4.69) is 35.1 Å². The van der Waals surface area contributed by atoms with E-state index in [1.165, 1.54) is 9.80 Å². The number of rotatable bonds is 12. The van der Waals surface area contributed by atoms with Crippen LogP contribution in [0.5, 0.6) is 0 Å². The van der Waals surface area contributed by atoms with Gasteiger partial charge in [0.2, 0.25) is 29.4 Å². The first-order valence-electron chi connectivity index (χ1n) is 17.5. The molecule has 14 nitrogen and oxygen atoms in total. The summed E-state index contributed by atoms with van der Waals surface area (Å²) in [7, 11) is 3.11. The van der Waals surface area contributed by atoms with Gasteiger partial charge in [-0.05, 0) is 61.8 Å². The number of ketones is 1. The molecule has 4 N–H and O–H groups in total. The Morgan fingerprint density at radius 1 is 0.922 bits per heavy atom. The number of fused-ring (bicyclic) bond motifs is 1. The lowest BCUT2D eigenvalue weighted by Crippen LogP contribution is -2.59. The van der Waals surface area contributed by atoms with Crippen LogP contribution in [-0.2, 0) is 33.5 Å². The Hall–Kier alpha value is -4.49. The third-order valence-electron chi connectivity index (χ3n) is 9.65. The van der Waals surface area contributed by atoms with Gasteiger partial charge in [0.25, 0.3) is 5.91 Å². The van der Waals surface area contributed by atoms with Crippen LogP contribution < -0.4 is 21.3 Å². The van der Waals surface area contributed by atoms with Gasteiger partial charge in [-0.3, -0.25) is 28.8 Å². The second-order valence-electron chi connectivity index (χ2n) is 16.3. The average molecular weight is 713 g/mol. The number of likely N-dealkylation sites (tertiary alicyclic amines) is 1. The Kier molecular flexibility index (Phi) is 13.0. The summed E-state index contributed by atoms with van der Waals surface area (Å²) in [5, 5.41) is 10.1. The molecular weight excluding hydrogens is 656 g/mol. The molecule has 2 aliphatic rings. The van der Waals surface area contributed by atoms with Crippen molar-refractivity contribution in [1.29, 1.82) is 0 Å². The van der Waals surface area contributed by atoms with E-state index in [1.54, 1.807) is 65.2 Å². The molecule has 1 aromatic carbocycles. The van der Waals surface area contributed by atoms with Gasteiger partial charge in [-0.2, -0.15) is 0 Å². The van der Waals surface area contributed by atoms with Crippen molar-refractivity contribution in [3.63, 3.8) is 0 Å². The largest absolute Gasteiger partial charge is 0.444 e. The molecular formula is C37H56N6O8. The number of hydrogen-bond acceptors (Lipinski definition) is 8. The number of ether oxygens (including phenoxy) is 1. The molecule has 1 saturated carbocycles. The fourth-order valence-electron chi connectivity index (χ4n) is 6.88. The first kappa shape index (κ1) is 40.9. The Morgan fingerprint density at radius 3 is 2.10 bits per heavy atom. The van der Waals surface area contributed by atoms with Crippen LogP contribution in [0.15, 0.2) is 30.3 Å². The zero-order valence-electron chi connectivity index (χ0n) is 31.7. The van der Waals surface area contributed by atoms with Crippen LogP contribution in [0.2, 0.25) is 0 Å². The lowest BCUT2D eigenvalue weighted by Gasteiger charge is -2.37. The molecule has 0 radical (unpaired) electrons. The van der Waals surface area contributed by atoms with E-state index in [1.807, 2.05) is 20.8 Å². The molecule has 282 valence electrons. The Labute approximate surface area is 301 Å². The minimum Gasteiger partial charge on any atom is -0.444 e. The van der Waals surface area contributed by atoms with Gasteiger partial charge in [0.05, 0.1) is 13.1 Å². The van der Waals surface area contributed by atoms with Crippen molar-refractivity contribution < 1.29 is 38.3 Å². The number of hydrogen-bond donors (Lipinski definition) is 4. The molecule has 0 aromatic heterocycles. The Morgan fingerprint density at radius 2 is 1.55 bits per heavy atom. The SMILES string of the molecule is CCC1(C)C[C@H]2CN(C(=O)C(NC(=O)OC(C)(C)C)C(C)(C)C)C(C(=O)NCC(=O)C(=O)NCC(=O)NC(C(=O)N(C)C)c3ccccc3)[C@H]2C1. The van der Waals surface area contributed by atoms with E-state index in [-0.39, 0.29) is 23.2 Å². The Balaban J connectivity index is 1.69. The van der Waals surface area contributed by atoms with Gasteiger partial charge in [0.15, 0.2) is 0 Å². The first-order chi connectivity index (χ1) is 23.6. The van der Waals surface area contributed by atoms with Crippen LogP contribution >= 0.6 is 0 Å². The summed E-state index contributed by atoms with van der Waals surface area (Å²) in [6.07, 6.45) is 1.66. The predicted molar refractivity (Wildman–Crippen MR) is 190 cm³/mol. The molecule has 2 fully saturated rings. The minimum absolute atomic E-state index is 0.0197. The van der Waals surface area contributed by atoms with E-state index in [0.717, 1.165) is 12.8 Å². The third-order valence-corrected chi connectivity index (χ3v) is 9.65. The number of benzene rings is 1. The maximum atomic E-state index is 14.2. The lowest BCUT2D eigenvalue weighted by molar-refractivity contribution is -0.144. The normalized spacial score (nSPS) is 22.5. The third kappa shape index (κ3) is 10.8. The van der Waals surface area contributed by atoms with Gasteiger partial charge in [-0.25, -0.2) is 4.79 Å². The number of likely N-dealkylation sites (N-methyl/N-ethyl adjacent to an activating group) is 1. The lowest BCUT2D eigenvalue weighted by atomic mass is 9.82. The van der Waals surface area contributed by atoms with Gasteiger partial charge in [0, 0.05) is 20.6 Å². The maximum absolute atomic E-state index is 14.2. The van der Waals surface area contributed by atoms with E-state index >= 15 is 0 Å². The van der Waals surface area contributed by atoms with Crippen molar-refractivity contribution in [2.75, 3.05) is 33.7 Å². The van der Waals surface area contributed by atoms with Crippen molar-refractivity contribution >= 4 is 41.4 Å². The second kappa shape index (κ2) is 16.2. The summed E-state index contributed by atoms with van der Waals surface area (Å²) in [4.78, 5) is 94.6. The molecule has 6 atom stereocenters. The molecule has 14 heteroatoms. The summed E-state index contributed by atoms with van der Waals surface area (Å²) in [5.74, 6) is -4.31. The van der Waals surface area contributed by atoms with Crippen molar-refractivity contribution in [2.24, 2.45) is 22.7 Å². The first-order valence-corrected chi connectivity index (χ1v) is 17.5. The van der Waals surface area contributed by atoms with Crippen LogP contribution in [0.1, 0.15) is 86.3 Å². The highest BCUT2D eigenvalue weighted by Crippen LogP contribution is 2.53. The zero-order valence-corrected chi connectivity index (χ0v) is 31.7. The van der Waals surface area contributed by atoms with E-state index in [9.17, 15) is 33.6 Å². The molecule has 6 amide bonds. The van der Waals surface area contributed by atoms with Gasteiger partial charge < -0.3 is 35.8 Å². The van der Waals surface area contributed by atoms with Gasteiger partial charge in [-0.15, -0.1) is 0 Å². The van der Waals surface area contributed by atoms with E-state index < -0.39 is 77.7 Å². The minimum atomic E-state index is -1.09. The maximum Gasteiger partial charge on any atom is 0.408 e. The monoisotopic (exact) mass is 712 g/mol. The molecule has 1 aliphatic heterocycles. The molecule has 1 aromatic rings. The highest BCUT2D eigenvalue weighted by Gasteiger charge is 2.56. The Bertz CT molecular complexity index is 1480. The quantitative estimate of drug-likeness (QED) is 0.238. The topological polar surface area (TPSA) is 183 Å². The summed E-state index contributed by atoms with van der Waals surface area (Å²) < 4.78 is 5.43. The predicted octanol–water partition coefficient (Wildman–Crippen LogP) is 2.33. The number of nitrogens with one attached hydrogen (secondary N) is 4. The van der Waals surface area contributed by atoms with Gasteiger partial charge in [-0.1, -0.05) is 71.4 Å². The average Bonchev–Trinajstić information content (AvgIpc) is 3.55. The van der Waals surface area contributed by atoms with Crippen LogP contribution in [-0.4, -0.2) is 103 Å². The standard InChI is InChI=1S/C37H56N6O8/c1-11-37(8)17-23-21-43(33(49)29(35(2,3)4)41-34(50)51-36(5,6)7)28(24(23)18-37)31(47)38-19-25(44)30(46)39-20-26(45)40-27(32(48)42(9)10)22-15-13-12-14-16-22/h12-16,23-24,27-29H,11,17-21H2,1-10H3,(H,38,47)(H,39,46)(H,40,45)(H,41,50)/t23-,24-,27?,28?,29?,37?/m0/s1. The van der Waals surface area contributed by atoms with Crippen LogP contribution in [0.3, 0.4) is 0 Å². The molecule has 0 spiro atoms. The number of Topliss-reactive ketones (excluding diaryl/α,β-unsaturated/α-hetero) is 1. The van der Waals surface area contributed by atoms with Gasteiger partial charge in [0.1, 0.15) is 23.7 Å². The number of nitrogens with zero attached hydrogens (tertiary/aromatic N) is 2. The molecule has 1 saturated heterocycles. The number of alkyl carbamates (subject to hydrolysis) is 1. The van der Waals surface area contributed by atoms with E-state index in [0.29, 0.717) is 18.5 Å². The summed E-state index contributed by atoms with van der Waals surface area (Å²) in [6, 6.07) is 5.68. The number of amides is 6. The van der Waals surface area contributed by atoms with Crippen molar-refractivity contribution in [3.05, 3.63) is 35.9 Å². The molecule has 4 unspecified atom stereocenters. The van der Waals surface area contributed by atoms with Crippen molar-refractivity contribution in [3.8, 4) is 0 Å². The zero-order chi connectivity index (χ0) is 38.5. The molecule has 0 bridgehead atoms. The van der Waals surface area contributed by atoms with Crippen molar-refractivity contribution in [2.45, 2.75) is 98.4 Å². The molecule has 3 rings (SSSR count). The molecule has 51 heavy (non-hydrogen) atoms. The fraction of sp³-hybridized carbons (Fsp3) is 0.649. The van der Waals surface area contributed by atoms with Crippen LogP contribution in [0, 0.1) is 22.7 Å². The van der Waals surface area contributed by atoms with E-state index in [4.69, 9.17) is 4.74 Å². The highest BCUT2D eigenvalue weighted by molar-refractivity contribution is 6.37. The summed E-state index contributed by atoms with van der Waals surface area (Å²) in [6.45, 7) is 13.9. The van der Waals surface area contributed by atoms with Gasteiger partial charge >= 0.3 is 6.09 Å². The number of carbonyl (C=O) groups is 7. The number of carbonyl (C=O) groups excluding carboxylic acids is 7. The summed E-state index contributed by atoms with van der Waals surface area (Å²) >= 11 is 0. The molecule has 1 heterocycles. The molecule has 1 aliphatic carbocycles.